The Morgan fingerprint density at radius 2 is 2.36 bits per heavy atom. The zero-order valence-corrected chi connectivity index (χ0v) is 7.60. The van der Waals surface area contributed by atoms with Gasteiger partial charge in [-0.2, -0.15) is 0 Å². The standard InChI is InChI=1S/C9H9BrO/c1-6-3-4-8(7(2)11)5-9(6)10/h3-5H,1-2H3/i1D3. The second-order valence-corrected chi connectivity index (χ2v) is 3.11. The summed E-state index contributed by atoms with van der Waals surface area (Å²) in [6.07, 6.45) is 0. The van der Waals surface area contributed by atoms with Crippen LogP contribution in [0.2, 0.25) is 0 Å². The van der Waals surface area contributed by atoms with E-state index < -0.39 is 6.85 Å². The van der Waals surface area contributed by atoms with E-state index in [-0.39, 0.29) is 11.3 Å². The number of carbonyl (C=O) groups is 1. The number of aryl methyl sites for hydroxylation is 1. The van der Waals surface area contributed by atoms with E-state index in [4.69, 9.17) is 4.11 Å². The highest BCUT2D eigenvalue weighted by atomic mass is 79.9. The first-order valence-electron chi connectivity index (χ1n) is 4.63. The van der Waals surface area contributed by atoms with Gasteiger partial charge in [0.15, 0.2) is 5.78 Å². The molecule has 11 heavy (non-hydrogen) atoms. The molecule has 0 aliphatic heterocycles. The monoisotopic (exact) mass is 215 g/mol. The van der Waals surface area contributed by atoms with Crippen LogP contribution in [0.15, 0.2) is 22.7 Å². The van der Waals surface area contributed by atoms with Gasteiger partial charge in [0.05, 0.1) is 0 Å². The predicted octanol–water partition coefficient (Wildman–Crippen LogP) is 2.96. The third kappa shape index (κ3) is 1.90. The van der Waals surface area contributed by atoms with Crippen LogP contribution in [0.4, 0.5) is 0 Å². The van der Waals surface area contributed by atoms with Gasteiger partial charge < -0.3 is 0 Å². The van der Waals surface area contributed by atoms with E-state index in [9.17, 15) is 4.79 Å². The van der Waals surface area contributed by atoms with Gasteiger partial charge in [0.1, 0.15) is 0 Å². The topological polar surface area (TPSA) is 17.1 Å². The number of rotatable bonds is 1. The number of hydrogen-bond acceptors (Lipinski definition) is 1. The molecule has 0 unspecified atom stereocenters. The van der Waals surface area contributed by atoms with Crippen molar-refractivity contribution in [1.29, 1.82) is 0 Å². The predicted molar refractivity (Wildman–Crippen MR) is 48.9 cm³/mol. The molecule has 0 bridgehead atoms. The van der Waals surface area contributed by atoms with Gasteiger partial charge >= 0.3 is 0 Å². The van der Waals surface area contributed by atoms with Crippen LogP contribution in [0.1, 0.15) is 27.0 Å². The lowest BCUT2D eigenvalue weighted by molar-refractivity contribution is 0.101. The molecule has 0 radical (unpaired) electrons. The van der Waals surface area contributed by atoms with Gasteiger partial charge in [-0.25, -0.2) is 0 Å². The van der Waals surface area contributed by atoms with Crippen molar-refractivity contribution >= 4 is 21.7 Å². The van der Waals surface area contributed by atoms with Crippen LogP contribution in [0.3, 0.4) is 0 Å². The molecule has 0 fully saturated rings. The summed E-state index contributed by atoms with van der Waals surface area (Å²) in [6, 6.07) is 4.51. The molecule has 0 N–H and O–H groups in total. The number of hydrogen-bond donors (Lipinski definition) is 0. The highest BCUT2D eigenvalue weighted by molar-refractivity contribution is 9.10. The van der Waals surface area contributed by atoms with Crippen molar-refractivity contribution in [3.05, 3.63) is 33.8 Å². The minimum Gasteiger partial charge on any atom is -0.295 e. The Kier molecular flexibility index (Phi) is 1.47. The van der Waals surface area contributed by atoms with Gasteiger partial charge in [-0.1, -0.05) is 28.1 Å². The third-order valence-corrected chi connectivity index (χ3v) is 2.03. The van der Waals surface area contributed by atoms with Gasteiger partial charge in [0.2, 0.25) is 0 Å². The van der Waals surface area contributed by atoms with Gasteiger partial charge in [0.25, 0.3) is 0 Å². The first kappa shape index (κ1) is 5.09. The van der Waals surface area contributed by atoms with E-state index in [1.165, 1.54) is 25.1 Å². The Labute approximate surface area is 78.8 Å². The van der Waals surface area contributed by atoms with Crippen LogP contribution in [0.25, 0.3) is 0 Å². The molecule has 0 atom stereocenters. The highest BCUT2D eigenvalue weighted by Gasteiger charge is 2.00. The lowest BCUT2D eigenvalue weighted by atomic mass is 10.1. The van der Waals surface area contributed by atoms with E-state index in [0.717, 1.165) is 0 Å². The minimum absolute atomic E-state index is 0.0807. The molecule has 1 rings (SSSR count). The number of Topliss-reactive ketones (excluding diaryl/α,β-unsaturated/α-hetero) is 1. The molecule has 0 saturated heterocycles. The molecule has 0 amide bonds. The van der Waals surface area contributed by atoms with Gasteiger partial charge in [0, 0.05) is 14.1 Å². The number of ketones is 1. The molecule has 0 aliphatic carbocycles. The van der Waals surface area contributed by atoms with Gasteiger partial charge in [-0.05, 0) is 25.4 Å². The minimum atomic E-state index is -2.14. The molecule has 1 nitrogen and oxygen atoms in total. The fourth-order valence-corrected chi connectivity index (χ4v) is 1.11. The smallest absolute Gasteiger partial charge is 0.159 e. The van der Waals surface area contributed by atoms with Crippen LogP contribution >= 0.6 is 15.9 Å². The third-order valence-electron chi connectivity index (χ3n) is 1.38. The Bertz CT molecular complexity index is 371. The van der Waals surface area contributed by atoms with E-state index in [2.05, 4.69) is 15.9 Å². The van der Waals surface area contributed by atoms with Crippen molar-refractivity contribution in [1.82, 2.24) is 0 Å². The van der Waals surface area contributed by atoms with Crippen LogP contribution in [0, 0.1) is 6.85 Å². The second kappa shape index (κ2) is 3.18. The maximum Gasteiger partial charge on any atom is 0.159 e. The molecule has 1 aromatic rings. The Hall–Kier alpha value is -0.630. The average Bonchev–Trinajstić information content (AvgIpc) is 2.01. The maximum absolute atomic E-state index is 11.0. The van der Waals surface area contributed by atoms with E-state index in [0.29, 0.717) is 10.0 Å². The van der Waals surface area contributed by atoms with Crippen molar-refractivity contribution < 1.29 is 8.91 Å². The van der Waals surface area contributed by atoms with Crippen LogP contribution < -0.4 is 0 Å². The maximum atomic E-state index is 11.0. The lowest BCUT2D eigenvalue weighted by Crippen LogP contribution is -1.91. The van der Waals surface area contributed by atoms with Gasteiger partial charge in [-0.15, -0.1) is 0 Å². The molecule has 0 saturated carbocycles. The Morgan fingerprint density at radius 3 is 2.82 bits per heavy atom. The van der Waals surface area contributed by atoms with Crippen molar-refractivity contribution in [3.8, 4) is 0 Å². The SMILES string of the molecule is [2H]C([2H])([2H])c1ccc(C(C)=O)cc1Br. The Morgan fingerprint density at radius 1 is 1.64 bits per heavy atom. The van der Waals surface area contributed by atoms with E-state index in [1.54, 1.807) is 0 Å². The quantitative estimate of drug-likeness (QED) is 0.659. The summed E-state index contributed by atoms with van der Waals surface area (Å²) < 4.78 is 22.1. The average molecular weight is 216 g/mol. The second-order valence-electron chi connectivity index (χ2n) is 2.25. The molecule has 0 heterocycles. The van der Waals surface area contributed by atoms with Crippen LogP contribution in [0.5, 0.6) is 0 Å². The van der Waals surface area contributed by atoms with Crippen molar-refractivity contribution in [2.24, 2.45) is 0 Å². The zero-order valence-electron chi connectivity index (χ0n) is 9.02. The summed E-state index contributed by atoms with van der Waals surface area (Å²) >= 11 is 3.14. The molecular formula is C9H9BrO. The molecule has 0 spiro atoms. The van der Waals surface area contributed by atoms with Crippen LogP contribution in [-0.4, -0.2) is 5.78 Å². The molecule has 0 aliphatic rings. The van der Waals surface area contributed by atoms with E-state index in [1.807, 2.05) is 0 Å². The summed E-state index contributed by atoms with van der Waals surface area (Å²) in [7, 11) is 0. The highest BCUT2D eigenvalue weighted by Crippen LogP contribution is 2.17. The fraction of sp³-hybridized carbons (Fsp3) is 0.222. The molecule has 58 valence electrons. The molecule has 2 heteroatoms. The summed E-state index contributed by atoms with van der Waals surface area (Å²) in [6.45, 7) is -0.703. The summed E-state index contributed by atoms with van der Waals surface area (Å²) in [5.74, 6) is -0.0807. The van der Waals surface area contributed by atoms with Crippen molar-refractivity contribution in [3.63, 3.8) is 0 Å². The molecular weight excluding hydrogens is 204 g/mol. The summed E-state index contributed by atoms with van der Waals surface area (Å²) in [4.78, 5) is 11.0. The first-order chi connectivity index (χ1) is 6.32. The summed E-state index contributed by atoms with van der Waals surface area (Å²) in [5.41, 5.74) is 0.729. The molecule has 1 aromatic carbocycles. The van der Waals surface area contributed by atoms with Crippen molar-refractivity contribution in [2.75, 3.05) is 0 Å². The summed E-state index contributed by atoms with van der Waals surface area (Å²) in [5, 5.41) is 0. The zero-order chi connectivity index (χ0) is 10.9. The largest absolute Gasteiger partial charge is 0.295 e. The van der Waals surface area contributed by atoms with Crippen LogP contribution in [-0.2, 0) is 0 Å². The van der Waals surface area contributed by atoms with E-state index >= 15 is 0 Å². The number of halogens is 1. The number of benzene rings is 1. The lowest BCUT2D eigenvalue weighted by Gasteiger charge is -1.99. The molecule has 0 aromatic heterocycles. The van der Waals surface area contributed by atoms with Gasteiger partial charge in [-0.3, -0.25) is 4.79 Å². The number of carbonyl (C=O) groups excluding carboxylic acids is 1. The Balaban J connectivity index is 3.21. The fourth-order valence-electron chi connectivity index (χ4n) is 0.734. The van der Waals surface area contributed by atoms with Crippen molar-refractivity contribution in [2.45, 2.75) is 13.8 Å². The normalized spacial score (nSPS) is 14.9. The first-order valence-corrected chi connectivity index (χ1v) is 3.92.